The van der Waals surface area contributed by atoms with Crippen LogP contribution in [0.4, 0.5) is 0 Å². The quantitative estimate of drug-likeness (QED) is 0.667. The maximum atomic E-state index is 3.92. The Morgan fingerprint density at radius 3 is 2.75 bits per heavy atom. The third kappa shape index (κ3) is 1.44. The Bertz CT molecular complexity index is 520. The molecular formula is C9H7N7. The lowest BCUT2D eigenvalue weighted by atomic mass is 10.2. The van der Waals surface area contributed by atoms with Crippen molar-refractivity contribution in [2.24, 2.45) is 0 Å². The van der Waals surface area contributed by atoms with Gasteiger partial charge in [0.2, 0.25) is 5.82 Å². The number of nitrogens with zero attached hydrogens (tertiary/aromatic N) is 6. The van der Waals surface area contributed by atoms with Crippen LogP contribution in [0, 0.1) is 0 Å². The second-order valence-electron chi connectivity index (χ2n) is 3.15. The number of rotatable bonds is 2. The zero-order valence-electron chi connectivity index (χ0n) is 8.15. The molecule has 7 heteroatoms. The smallest absolute Gasteiger partial charge is 0.204 e. The number of aromatic amines is 1. The van der Waals surface area contributed by atoms with Crippen LogP contribution in [0.2, 0.25) is 0 Å². The summed E-state index contributed by atoms with van der Waals surface area (Å²) < 4.78 is 1.81. The topological polar surface area (TPSA) is 85.2 Å². The van der Waals surface area contributed by atoms with E-state index in [0.717, 1.165) is 11.3 Å². The number of hydrogen-bond donors (Lipinski definition) is 1. The van der Waals surface area contributed by atoms with Crippen LogP contribution >= 0.6 is 0 Å². The predicted octanol–water partition coefficient (Wildman–Crippen LogP) is 0.447. The molecule has 0 aliphatic carbocycles. The second kappa shape index (κ2) is 3.54. The van der Waals surface area contributed by atoms with Crippen molar-refractivity contribution < 1.29 is 0 Å². The largest absolute Gasteiger partial charge is 0.288 e. The molecule has 0 radical (unpaired) electrons. The lowest BCUT2D eigenvalue weighted by Gasteiger charge is -2.01. The van der Waals surface area contributed by atoms with E-state index in [1.807, 2.05) is 28.8 Å². The second-order valence-corrected chi connectivity index (χ2v) is 3.15. The third-order valence-corrected chi connectivity index (χ3v) is 2.17. The molecule has 0 amide bonds. The van der Waals surface area contributed by atoms with Crippen LogP contribution < -0.4 is 0 Å². The molecule has 2 heterocycles. The van der Waals surface area contributed by atoms with E-state index in [1.165, 1.54) is 0 Å². The van der Waals surface area contributed by atoms with Crippen molar-refractivity contribution in [3.8, 4) is 17.1 Å². The maximum absolute atomic E-state index is 3.92. The summed E-state index contributed by atoms with van der Waals surface area (Å²) >= 11 is 0. The Labute approximate surface area is 90.1 Å². The molecule has 78 valence electrons. The molecule has 3 aromatic rings. The van der Waals surface area contributed by atoms with E-state index in [0.29, 0.717) is 5.82 Å². The van der Waals surface area contributed by atoms with Crippen LogP contribution in [-0.2, 0) is 0 Å². The SMILES string of the molecule is c1cc(-c2nn[nH]n2)cc(-n2cnnc2)c1. The molecule has 0 spiro atoms. The molecule has 0 bridgehead atoms. The lowest BCUT2D eigenvalue weighted by Crippen LogP contribution is -1.91. The molecule has 0 aliphatic heterocycles. The van der Waals surface area contributed by atoms with Crippen molar-refractivity contribution in [3.05, 3.63) is 36.9 Å². The van der Waals surface area contributed by atoms with Gasteiger partial charge in [-0.2, -0.15) is 5.21 Å². The van der Waals surface area contributed by atoms with Gasteiger partial charge in [-0.15, -0.1) is 20.4 Å². The van der Waals surface area contributed by atoms with Crippen molar-refractivity contribution in [1.82, 2.24) is 35.4 Å². The van der Waals surface area contributed by atoms with Gasteiger partial charge in [0.1, 0.15) is 12.7 Å². The zero-order chi connectivity index (χ0) is 10.8. The molecule has 0 fully saturated rings. The van der Waals surface area contributed by atoms with Crippen molar-refractivity contribution >= 4 is 0 Å². The number of nitrogens with one attached hydrogen (secondary N) is 1. The number of benzene rings is 1. The molecule has 1 aromatic carbocycles. The number of aromatic nitrogens is 7. The van der Waals surface area contributed by atoms with E-state index in [1.54, 1.807) is 12.7 Å². The minimum absolute atomic E-state index is 0.565. The summed E-state index contributed by atoms with van der Waals surface area (Å²) in [5.74, 6) is 0.565. The van der Waals surface area contributed by atoms with Gasteiger partial charge in [-0.3, -0.25) is 4.57 Å². The van der Waals surface area contributed by atoms with Gasteiger partial charge in [0.15, 0.2) is 0 Å². The first kappa shape index (κ1) is 8.72. The minimum atomic E-state index is 0.565. The summed E-state index contributed by atoms with van der Waals surface area (Å²) in [5.41, 5.74) is 1.84. The summed E-state index contributed by atoms with van der Waals surface area (Å²) in [4.78, 5) is 0. The molecule has 2 aromatic heterocycles. The first-order valence-corrected chi connectivity index (χ1v) is 4.62. The standard InChI is InChI=1S/C9H7N7/c1-2-7(9-12-14-15-13-9)4-8(3-1)16-5-10-11-6-16/h1-6H,(H,12,13,14,15). The minimum Gasteiger partial charge on any atom is -0.288 e. The van der Waals surface area contributed by atoms with Crippen molar-refractivity contribution in [2.45, 2.75) is 0 Å². The first-order valence-electron chi connectivity index (χ1n) is 4.62. The summed E-state index contributed by atoms with van der Waals surface area (Å²) in [6, 6.07) is 7.72. The fourth-order valence-electron chi connectivity index (χ4n) is 1.42. The molecule has 3 rings (SSSR count). The fourth-order valence-corrected chi connectivity index (χ4v) is 1.42. The van der Waals surface area contributed by atoms with Gasteiger partial charge < -0.3 is 0 Å². The highest BCUT2D eigenvalue weighted by Gasteiger charge is 2.04. The molecule has 16 heavy (non-hydrogen) atoms. The van der Waals surface area contributed by atoms with Crippen molar-refractivity contribution in [2.75, 3.05) is 0 Å². The monoisotopic (exact) mass is 213 g/mol. The van der Waals surface area contributed by atoms with Gasteiger partial charge in [0.05, 0.1) is 0 Å². The molecule has 0 saturated heterocycles. The summed E-state index contributed by atoms with van der Waals surface area (Å²) in [7, 11) is 0. The maximum Gasteiger partial charge on any atom is 0.204 e. The molecule has 0 saturated carbocycles. The van der Waals surface area contributed by atoms with E-state index in [4.69, 9.17) is 0 Å². The predicted molar refractivity (Wildman–Crippen MR) is 54.5 cm³/mol. The molecule has 7 nitrogen and oxygen atoms in total. The Hall–Kier alpha value is -2.57. The Morgan fingerprint density at radius 2 is 2.00 bits per heavy atom. The van der Waals surface area contributed by atoms with Gasteiger partial charge in [-0.25, -0.2) is 0 Å². The fraction of sp³-hybridized carbons (Fsp3) is 0. The van der Waals surface area contributed by atoms with Crippen LogP contribution in [0.15, 0.2) is 36.9 Å². The van der Waals surface area contributed by atoms with Gasteiger partial charge in [-0.1, -0.05) is 12.1 Å². The number of tetrazole rings is 1. The summed E-state index contributed by atoms with van der Waals surface area (Å²) in [6.07, 6.45) is 3.27. The highest BCUT2D eigenvalue weighted by molar-refractivity contribution is 5.57. The number of hydrogen-bond acceptors (Lipinski definition) is 5. The van der Waals surface area contributed by atoms with Crippen LogP contribution in [0.5, 0.6) is 0 Å². The molecule has 0 unspecified atom stereocenters. The van der Waals surface area contributed by atoms with Crippen LogP contribution in [0.3, 0.4) is 0 Å². The summed E-state index contributed by atoms with van der Waals surface area (Å²) in [6.45, 7) is 0. The summed E-state index contributed by atoms with van der Waals surface area (Å²) in [5, 5.41) is 21.3. The average Bonchev–Trinajstić information content (AvgIpc) is 3.03. The van der Waals surface area contributed by atoms with Crippen molar-refractivity contribution in [1.29, 1.82) is 0 Å². The molecule has 0 atom stereocenters. The van der Waals surface area contributed by atoms with Gasteiger partial charge >= 0.3 is 0 Å². The first-order chi connectivity index (χ1) is 7.93. The highest BCUT2D eigenvalue weighted by Crippen LogP contribution is 2.16. The third-order valence-electron chi connectivity index (χ3n) is 2.17. The van der Waals surface area contributed by atoms with Crippen molar-refractivity contribution in [3.63, 3.8) is 0 Å². The van der Waals surface area contributed by atoms with Gasteiger partial charge in [0, 0.05) is 11.3 Å². The van der Waals surface area contributed by atoms with Gasteiger partial charge in [-0.05, 0) is 17.3 Å². The van der Waals surface area contributed by atoms with Crippen LogP contribution in [-0.4, -0.2) is 35.4 Å². The average molecular weight is 213 g/mol. The van der Waals surface area contributed by atoms with E-state index >= 15 is 0 Å². The van der Waals surface area contributed by atoms with Crippen LogP contribution in [0.25, 0.3) is 17.1 Å². The van der Waals surface area contributed by atoms with Gasteiger partial charge in [0.25, 0.3) is 0 Å². The van der Waals surface area contributed by atoms with E-state index < -0.39 is 0 Å². The molecule has 0 aliphatic rings. The van der Waals surface area contributed by atoms with E-state index in [9.17, 15) is 0 Å². The zero-order valence-corrected chi connectivity index (χ0v) is 8.15. The van der Waals surface area contributed by atoms with E-state index in [-0.39, 0.29) is 0 Å². The Morgan fingerprint density at radius 1 is 1.12 bits per heavy atom. The van der Waals surface area contributed by atoms with Crippen LogP contribution in [0.1, 0.15) is 0 Å². The highest BCUT2D eigenvalue weighted by atomic mass is 15.5. The molecule has 1 N–H and O–H groups in total. The normalized spacial score (nSPS) is 10.5. The van der Waals surface area contributed by atoms with E-state index in [2.05, 4.69) is 30.8 Å². The molecular weight excluding hydrogens is 206 g/mol. The Kier molecular flexibility index (Phi) is 1.93. The Balaban J connectivity index is 2.07. The lowest BCUT2D eigenvalue weighted by molar-refractivity contribution is 0.881. The number of H-pyrrole nitrogens is 1.